The lowest BCUT2D eigenvalue weighted by molar-refractivity contribution is 0.447. The van der Waals surface area contributed by atoms with Gasteiger partial charge in [0.15, 0.2) is 0 Å². The fourth-order valence-corrected chi connectivity index (χ4v) is 1.55. The molecular formula is C11H16FNO. The molecule has 0 aliphatic carbocycles. The van der Waals surface area contributed by atoms with Crippen LogP contribution in [0.25, 0.3) is 0 Å². The van der Waals surface area contributed by atoms with Gasteiger partial charge in [-0.1, -0.05) is 13.0 Å². The van der Waals surface area contributed by atoms with Gasteiger partial charge in [-0.25, -0.2) is 4.39 Å². The second kappa shape index (κ2) is 4.42. The monoisotopic (exact) mass is 197 g/mol. The molecule has 0 fully saturated rings. The van der Waals surface area contributed by atoms with Gasteiger partial charge in [-0.2, -0.15) is 0 Å². The molecule has 78 valence electrons. The first kappa shape index (κ1) is 11.0. The predicted molar refractivity (Wildman–Crippen MR) is 54.9 cm³/mol. The van der Waals surface area contributed by atoms with Crippen molar-refractivity contribution in [3.8, 4) is 5.75 Å². The molecule has 0 saturated carbocycles. The third-order valence-corrected chi connectivity index (χ3v) is 2.44. The molecule has 0 spiro atoms. The van der Waals surface area contributed by atoms with Gasteiger partial charge in [-0.05, 0) is 37.4 Å². The average Bonchev–Trinajstić information content (AvgIpc) is 2.13. The second-order valence-electron chi connectivity index (χ2n) is 3.61. The van der Waals surface area contributed by atoms with Crippen LogP contribution in [0.2, 0.25) is 0 Å². The van der Waals surface area contributed by atoms with Gasteiger partial charge < -0.3 is 10.8 Å². The standard InChI is InChI=1S/C11H16FNO/c1-7(5-6-13)10-9(14)4-3-8(2)11(10)12/h3-4,7,14H,5-6,13H2,1-2H3. The Labute approximate surface area is 83.6 Å². The summed E-state index contributed by atoms with van der Waals surface area (Å²) in [6.45, 7) is 4.05. The average molecular weight is 197 g/mol. The van der Waals surface area contributed by atoms with Gasteiger partial charge in [0, 0.05) is 5.56 Å². The zero-order valence-electron chi connectivity index (χ0n) is 8.55. The quantitative estimate of drug-likeness (QED) is 0.781. The molecule has 1 atom stereocenters. The van der Waals surface area contributed by atoms with Crippen LogP contribution in [0, 0.1) is 12.7 Å². The molecule has 0 bridgehead atoms. The molecule has 2 nitrogen and oxygen atoms in total. The van der Waals surface area contributed by atoms with Gasteiger partial charge in [-0.15, -0.1) is 0 Å². The van der Waals surface area contributed by atoms with Crippen LogP contribution in [-0.2, 0) is 0 Å². The van der Waals surface area contributed by atoms with Crippen molar-refractivity contribution in [2.24, 2.45) is 5.73 Å². The van der Waals surface area contributed by atoms with Crippen molar-refractivity contribution < 1.29 is 9.50 Å². The van der Waals surface area contributed by atoms with Gasteiger partial charge in [-0.3, -0.25) is 0 Å². The van der Waals surface area contributed by atoms with E-state index in [-0.39, 0.29) is 17.5 Å². The number of aromatic hydroxyl groups is 1. The molecule has 0 aliphatic heterocycles. The van der Waals surface area contributed by atoms with Gasteiger partial charge in [0.05, 0.1) is 0 Å². The van der Waals surface area contributed by atoms with Gasteiger partial charge in [0.25, 0.3) is 0 Å². The van der Waals surface area contributed by atoms with Crippen LogP contribution in [0.1, 0.15) is 30.4 Å². The van der Waals surface area contributed by atoms with Crippen LogP contribution in [0.15, 0.2) is 12.1 Å². The Morgan fingerprint density at radius 1 is 1.50 bits per heavy atom. The first-order valence-electron chi connectivity index (χ1n) is 4.76. The molecule has 1 aromatic rings. The van der Waals surface area contributed by atoms with Crippen molar-refractivity contribution in [3.63, 3.8) is 0 Å². The molecule has 3 heteroatoms. The zero-order valence-corrected chi connectivity index (χ0v) is 8.55. The molecule has 0 heterocycles. The number of hydrogen-bond donors (Lipinski definition) is 2. The summed E-state index contributed by atoms with van der Waals surface area (Å²) in [6, 6.07) is 3.10. The summed E-state index contributed by atoms with van der Waals surface area (Å²) in [6.07, 6.45) is 0.675. The summed E-state index contributed by atoms with van der Waals surface area (Å²) in [5, 5.41) is 9.53. The largest absolute Gasteiger partial charge is 0.508 e. The molecule has 14 heavy (non-hydrogen) atoms. The molecule has 3 N–H and O–H groups in total. The van der Waals surface area contributed by atoms with E-state index in [9.17, 15) is 9.50 Å². The highest BCUT2D eigenvalue weighted by molar-refractivity contribution is 5.39. The molecule has 0 aliphatic rings. The number of aryl methyl sites for hydroxylation is 1. The van der Waals surface area contributed by atoms with E-state index in [4.69, 9.17) is 5.73 Å². The molecule has 1 aromatic carbocycles. The topological polar surface area (TPSA) is 46.2 Å². The number of rotatable bonds is 3. The van der Waals surface area contributed by atoms with Crippen LogP contribution in [0.4, 0.5) is 4.39 Å². The third-order valence-electron chi connectivity index (χ3n) is 2.44. The molecule has 0 amide bonds. The number of nitrogens with two attached hydrogens (primary N) is 1. The van der Waals surface area contributed by atoms with Crippen molar-refractivity contribution in [2.45, 2.75) is 26.2 Å². The van der Waals surface area contributed by atoms with E-state index >= 15 is 0 Å². The Bertz CT molecular complexity index is 325. The number of phenols is 1. The van der Waals surface area contributed by atoms with Crippen molar-refractivity contribution in [1.82, 2.24) is 0 Å². The maximum Gasteiger partial charge on any atom is 0.133 e. The fraction of sp³-hybridized carbons (Fsp3) is 0.455. The van der Waals surface area contributed by atoms with E-state index in [1.165, 1.54) is 6.07 Å². The van der Waals surface area contributed by atoms with E-state index in [1.807, 2.05) is 6.92 Å². The van der Waals surface area contributed by atoms with E-state index in [1.54, 1.807) is 13.0 Å². The number of hydrogen-bond acceptors (Lipinski definition) is 2. The molecule has 0 aromatic heterocycles. The SMILES string of the molecule is Cc1ccc(O)c(C(C)CCN)c1F. The minimum absolute atomic E-state index is 0.0223. The number of benzene rings is 1. The lowest BCUT2D eigenvalue weighted by Gasteiger charge is -2.14. The molecule has 0 radical (unpaired) electrons. The Morgan fingerprint density at radius 3 is 2.71 bits per heavy atom. The lowest BCUT2D eigenvalue weighted by atomic mass is 9.94. The summed E-state index contributed by atoms with van der Waals surface area (Å²) in [5.41, 5.74) is 6.34. The van der Waals surface area contributed by atoms with Crippen LogP contribution in [0.5, 0.6) is 5.75 Å². The Balaban J connectivity index is 3.11. The molecule has 1 rings (SSSR count). The van der Waals surface area contributed by atoms with Crippen molar-refractivity contribution in [3.05, 3.63) is 29.1 Å². The predicted octanol–water partition coefficient (Wildman–Crippen LogP) is 2.29. The van der Waals surface area contributed by atoms with Crippen LogP contribution in [-0.4, -0.2) is 11.7 Å². The van der Waals surface area contributed by atoms with Crippen molar-refractivity contribution in [1.29, 1.82) is 0 Å². The van der Waals surface area contributed by atoms with E-state index < -0.39 is 0 Å². The van der Waals surface area contributed by atoms with Gasteiger partial charge in [0.1, 0.15) is 11.6 Å². The normalized spacial score (nSPS) is 12.9. The van der Waals surface area contributed by atoms with E-state index in [0.29, 0.717) is 24.1 Å². The van der Waals surface area contributed by atoms with Crippen molar-refractivity contribution >= 4 is 0 Å². The summed E-state index contributed by atoms with van der Waals surface area (Å²) in [5.74, 6) is -0.333. The minimum atomic E-state index is -0.314. The second-order valence-corrected chi connectivity index (χ2v) is 3.61. The minimum Gasteiger partial charge on any atom is -0.508 e. The van der Waals surface area contributed by atoms with Crippen LogP contribution in [0.3, 0.4) is 0 Å². The zero-order chi connectivity index (χ0) is 10.7. The molecule has 0 saturated heterocycles. The highest BCUT2D eigenvalue weighted by Crippen LogP contribution is 2.31. The third kappa shape index (κ3) is 2.04. The fourth-order valence-electron chi connectivity index (χ4n) is 1.55. The Hall–Kier alpha value is -1.09. The molecule has 1 unspecified atom stereocenters. The summed E-state index contributed by atoms with van der Waals surface area (Å²) >= 11 is 0. The first-order valence-corrected chi connectivity index (χ1v) is 4.76. The Morgan fingerprint density at radius 2 is 2.14 bits per heavy atom. The van der Waals surface area contributed by atoms with Crippen LogP contribution < -0.4 is 5.73 Å². The summed E-state index contributed by atoms with van der Waals surface area (Å²) in [4.78, 5) is 0. The first-order chi connectivity index (χ1) is 6.57. The summed E-state index contributed by atoms with van der Waals surface area (Å²) < 4.78 is 13.6. The maximum atomic E-state index is 13.6. The maximum absolute atomic E-state index is 13.6. The highest BCUT2D eigenvalue weighted by Gasteiger charge is 2.16. The highest BCUT2D eigenvalue weighted by atomic mass is 19.1. The lowest BCUT2D eigenvalue weighted by Crippen LogP contribution is -2.07. The summed E-state index contributed by atoms with van der Waals surface area (Å²) in [7, 11) is 0. The van der Waals surface area contributed by atoms with E-state index in [0.717, 1.165) is 0 Å². The molecular weight excluding hydrogens is 181 g/mol. The van der Waals surface area contributed by atoms with Gasteiger partial charge in [0.2, 0.25) is 0 Å². The van der Waals surface area contributed by atoms with Crippen LogP contribution >= 0.6 is 0 Å². The smallest absolute Gasteiger partial charge is 0.133 e. The van der Waals surface area contributed by atoms with Crippen molar-refractivity contribution in [2.75, 3.05) is 6.54 Å². The number of phenolic OH excluding ortho intramolecular Hbond substituents is 1. The Kier molecular flexibility index (Phi) is 3.47. The van der Waals surface area contributed by atoms with E-state index in [2.05, 4.69) is 0 Å². The number of halogens is 1. The van der Waals surface area contributed by atoms with Gasteiger partial charge >= 0.3 is 0 Å².